The number of carbonyl (C=O) groups is 1. The quantitative estimate of drug-likeness (QED) is 0.537. The average molecular weight is 276 g/mol. The van der Waals surface area contributed by atoms with Gasteiger partial charge in [-0.15, -0.1) is 0 Å². The van der Waals surface area contributed by atoms with E-state index in [2.05, 4.69) is 6.58 Å². The second-order valence-corrected chi connectivity index (χ2v) is 4.99. The molecule has 0 aliphatic rings. The molecule has 1 aromatic carbocycles. The van der Waals surface area contributed by atoms with Crippen LogP contribution in [0, 0.1) is 11.8 Å². The first-order valence-corrected chi connectivity index (χ1v) is 7.00. The van der Waals surface area contributed by atoms with Crippen molar-refractivity contribution >= 4 is 5.97 Å². The second kappa shape index (κ2) is 8.54. The van der Waals surface area contributed by atoms with Crippen LogP contribution in [0.2, 0.25) is 0 Å². The zero-order chi connectivity index (χ0) is 15.0. The summed E-state index contributed by atoms with van der Waals surface area (Å²) < 4.78 is 10.8. The van der Waals surface area contributed by atoms with Crippen LogP contribution in [0.1, 0.15) is 26.3 Å². The first-order valence-electron chi connectivity index (χ1n) is 7.00. The molecule has 20 heavy (non-hydrogen) atoms. The molecule has 2 atom stereocenters. The van der Waals surface area contributed by atoms with Crippen LogP contribution in [-0.4, -0.2) is 19.2 Å². The molecule has 0 aliphatic carbocycles. The molecule has 0 spiro atoms. The average Bonchev–Trinajstić information content (AvgIpc) is 2.44. The molecule has 0 fully saturated rings. The van der Waals surface area contributed by atoms with Crippen LogP contribution in [0.5, 0.6) is 0 Å². The van der Waals surface area contributed by atoms with Crippen molar-refractivity contribution < 1.29 is 14.3 Å². The summed E-state index contributed by atoms with van der Waals surface area (Å²) in [6.45, 7) is 11.0. The van der Waals surface area contributed by atoms with Crippen molar-refractivity contribution in [1.29, 1.82) is 0 Å². The first-order chi connectivity index (χ1) is 9.56. The molecule has 0 bridgehead atoms. The Morgan fingerprint density at radius 2 is 1.95 bits per heavy atom. The Balaban J connectivity index is 2.51. The lowest BCUT2D eigenvalue weighted by Gasteiger charge is -2.22. The summed E-state index contributed by atoms with van der Waals surface area (Å²) in [6.07, 6.45) is 0. The number of esters is 1. The third-order valence-corrected chi connectivity index (χ3v) is 3.30. The monoisotopic (exact) mass is 276 g/mol. The van der Waals surface area contributed by atoms with Crippen LogP contribution in [0.15, 0.2) is 42.5 Å². The molecule has 0 heterocycles. The van der Waals surface area contributed by atoms with Crippen molar-refractivity contribution in [2.75, 3.05) is 13.2 Å². The van der Waals surface area contributed by atoms with Gasteiger partial charge in [-0.25, -0.2) is 0 Å². The third kappa shape index (κ3) is 5.17. The first kappa shape index (κ1) is 16.4. The minimum Gasteiger partial charge on any atom is -0.466 e. The minimum absolute atomic E-state index is 0.0160. The molecule has 0 aliphatic heterocycles. The molecular weight excluding hydrogens is 252 g/mol. The van der Waals surface area contributed by atoms with E-state index in [1.165, 1.54) is 0 Å². The van der Waals surface area contributed by atoms with Crippen molar-refractivity contribution in [2.45, 2.75) is 27.4 Å². The van der Waals surface area contributed by atoms with Crippen LogP contribution in [0.3, 0.4) is 0 Å². The fourth-order valence-corrected chi connectivity index (χ4v) is 2.03. The molecule has 0 aromatic heterocycles. The summed E-state index contributed by atoms with van der Waals surface area (Å²) in [4.78, 5) is 11.8. The fraction of sp³-hybridized carbons (Fsp3) is 0.471. The van der Waals surface area contributed by atoms with Gasteiger partial charge in [-0.3, -0.25) is 4.79 Å². The number of ether oxygens (including phenoxy) is 2. The van der Waals surface area contributed by atoms with E-state index in [0.29, 0.717) is 19.8 Å². The second-order valence-electron chi connectivity index (χ2n) is 4.99. The largest absolute Gasteiger partial charge is 0.466 e. The van der Waals surface area contributed by atoms with Gasteiger partial charge in [0.25, 0.3) is 0 Å². The standard InChI is InChI=1S/C17H24O3/c1-5-20-17(18)14(4)16(13(2)3)12-19-11-15-9-7-6-8-10-15/h6-10,14,16H,2,5,11-12H2,1,3-4H3/t14-,16-/m0/s1. The highest BCUT2D eigenvalue weighted by Gasteiger charge is 2.25. The molecule has 3 nitrogen and oxygen atoms in total. The maximum absolute atomic E-state index is 11.8. The van der Waals surface area contributed by atoms with Gasteiger partial charge in [0, 0.05) is 5.92 Å². The lowest BCUT2D eigenvalue weighted by atomic mass is 9.89. The predicted octanol–water partition coefficient (Wildman–Crippen LogP) is 3.59. The van der Waals surface area contributed by atoms with Gasteiger partial charge in [0.15, 0.2) is 0 Å². The van der Waals surface area contributed by atoms with Crippen LogP contribution >= 0.6 is 0 Å². The highest BCUT2D eigenvalue weighted by atomic mass is 16.5. The SMILES string of the molecule is C=C(C)[C@H](COCc1ccccc1)[C@H](C)C(=O)OCC. The molecule has 0 saturated heterocycles. The Kier molecular flexibility index (Phi) is 7.02. The van der Waals surface area contributed by atoms with Crippen molar-refractivity contribution in [1.82, 2.24) is 0 Å². The lowest BCUT2D eigenvalue weighted by molar-refractivity contribution is -0.149. The predicted molar refractivity (Wildman–Crippen MR) is 80.2 cm³/mol. The third-order valence-electron chi connectivity index (χ3n) is 3.30. The van der Waals surface area contributed by atoms with E-state index in [1.54, 1.807) is 0 Å². The van der Waals surface area contributed by atoms with Gasteiger partial charge in [0.1, 0.15) is 0 Å². The summed E-state index contributed by atoms with van der Waals surface area (Å²) in [5.41, 5.74) is 2.07. The maximum atomic E-state index is 11.8. The van der Waals surface area contributed by atoms with E-state index < -0.39 is 0 Å². The van der Waals surface area contributed by atoms with Gasteiger partial charge in [-0.2, -0.15) is 0 Å². The number of rotatable bonds is 8. The lowest BCUT2D eigenvalue weighted by Crippen LogP contribution is -2.27. The van der Waals surface area contributed by atoms with E-state index in [-0.39, 0.29) is 17.8 Å². The Morgan fingerprint density at radius 1 is 1.30 bits per heavy atom. The van der Waals surface area contributed by atoms with E-state index in [1.807, 2.05) is 51.1 Å². The van der Waals surface area contributed by atoms with Gasteiger partial charge >= 0.3 is 5.97 Å². The number of carbonyl (C=O) groups excluding carboxylic acids is 1. The molecule has 110 valence electrons. The van der Waals surface area contributed by atoms with E-state index in [9.17, 15) is 4.79 Å². The molecule has 1 aromatic rings. The van der Waals surface area contributed by atoms with Crippen molar-refractivity contribution in [2.24, 2.45) is 11.8 Å². The van der Waals surface area contributed by atoms with Gasteiger partial charge in [0.05, 0.1) is 25.7 Å². The van der Waals surface area contributed by atoms with Gasteiger partial charge in [0.2, 0.25) is 0 Å². The molecule has 3 heteroatoms. The molecule has 0 unspecified atom stereocenters. The molecule has 1 rings (SSSR count). The summed E-state index contributed by atoms with van der Waals surface area (Å²) in [7, 11) is 0. The van der Waals surface area contributed by atoms with Crippen molar-refractivity contribution in [3.63, 3.8) is 0 Å². The Morgan fingerprint density at radius 3 is 2.50 bits per heavy atom. The van der Waals surface area contributed by atoms with E-state index in [0.717, 1.165) is 11.1 Å². The Labute approximate surface area is 121 Å². The highest BCUT2D eigenvalue weighted by Crippen LogP contribution is 2.21. The Hall–Kier alpha value is -1.61. The number of hydrogen-bond acceptors (Lipinski definition) is 3. The molecule has 0 radical (unpaired) electrons. The summed E-state index contributed by atoms with van der Waals surface area (Å²) in [5, 5.41) is 0. The van der Waals surface area contributed by atoms with Crippen molar-refractivity contribution in [3.05, 3.63) is 48.0 Å². The molecule has 0 amide bonds. The Bertz CT molecular complexity index is 425. The van der Waals surface area contributed by atoms with Crippen LogP contribution < -0.4 is 0 Å². The minimum atomic E-state index is -0.233. The van der Waals surface area contributed by atoms with Gasteiger partial charge < -0.3 is 9.47 Å². The zero-order valence-corrected chi connectivity index (χ0v) is 12.6. The highest BCUT2D eigenvalue weighted by molar-refractivity contribution is 5.72. The molecule has 0 N–H and O–H groups in total. The van der Waals surface area contributed by atoms with Crippen LogP contribution in [0.4, 0.5) is 0 Å². The van der Waals surface area contributed by atoms with Crippen molar-refractivity contribution in [3.8, 4) is 0 Å². The molecule has 0 saturated carbocycles. The van der Waals surface area contributed by atoms with E-state index in [4.69, 9.17) is 9.47 Å². The fourth-order valence-electron chi connectivity index (χ4n) is 2.03. The topological polar surface area (TPSA) is 35.5 Å². The number of hydrogen-bond donors (Lipinski definition) is 0. The summed E-state index contributed by atoms with van der Waals surface area (Å²) in [5.74, 6) is -0.440. The van der Waals surface area contributed by atoms with Crippen LogP contribution in [-0.2, 0) is 20.9 Å². The smallest absolute Gasteiger partial charge is 0.309 e. The van der Waals surface area contributed by atoms with Crippen LogP contribution in [0.25, 0.3) is 0 Å². The summed E-state index contributed by atoms with van der Waals surface area (Å²) in [6, 6.07) is 9.98. The van der Waals surface area contributed by atoms with Gasteiger partial charge in [-0.05, 0) is 19.4 Å². The van der Waals surface area contributed by atoms with E-state index >= 15 is 0 Å². The zero-order valence-electron chi connectivity index (χ0n) is 12.6. The number of benzene rings is 1. The molecular formula is C17H24O3. The summed E-state index contributed by atoms with van der Waals surface area (Å²) >= 11 is 0. The normalized spacial score (nSPS) is 13.6. The van der Waals surface area contributed by atoms with Gasteiger partial charge in [-0.1, -0.05) is 49.4 Å². The maximum Gasteiger partial charge on any atom is 0.309 e.